The zero-order valence-corrected chi connectivity index (χ0v) is 21.9. The Kier molecular flexibility index (Phi) is 7.64. The number of halogens is 3. The number of sulfone groups is 1. The second-order valence-electron chi connectivity index (χ2n) is 9.87. The van der Waals surface area contributed by atoms with Crippen LogP contribution in [0.2, 0.25) is 0 Å². The molecule has 0 unspecified atom stereocenters. The molecule has 3 heterocycles. The molecule has 1 aromatic carbocycles. The van der Waals surface area contributed by atoms with Gasteiger partial charge in [-0.2, -0.15) is 13.2 Å². The second kappa shape index (κ2) is 11.0. The first-order valence-corrected chi connectivity index (χ1v) is 14.5. The predicted molar refractivity (Wildman–Crippen MR) is 142 cm³/mol. The molecule has 2 aliphatic rings. The molecule has 1 N–H and O–H groups in total. The van der Waals surface area contributed by atoms with E-state index >= 15 is 0 Å². The summed E-state index contributed by atoms with van der Waals surface area (Å²) in [6.45, 7) is 0.617. The number of benzene rings is 1. The summed E-state index contributed by atoms with van der Waals surface area (Å²) in [5, 5.41) is 3.47. The highest BCUT2D eigenvalue weighted by atomic mass is 32.2. The van der Waals surface area contributed by atoms with Gasteiger partial charge in [0.2, 0.25) is 0 Å². The number of alkyl halides is 3. The molecule has 206 valence electrons. The molecule has 0 atom stereocenters. The summed E-state index contributed by atoms with van der Waals surface area (Å²) in [6, 6.07) is 11.6. The van der Waals surface area contributed by atoms with Crippen molar-refractivity contribution in [3.63, 3.8) is 0 Å². The normalized spacial score (nSPS) is 17.4. The van der Waals surface area contributed by atoms with E-state index in [1.807, 2.05) is 18.2 Å². The number of ether oxygens (including phenoxy) is 1. The number of hydrogen-bond donors (Lipinski definition) is 1. The van der Waals surface area contributed by atoms with Crippen molar-refractivity contribution in [2.75, 3.05) is 11.5 Å². The fourth-order valence-electron chi connectivity index (χ4n) is 4.81. The molecule has 0 bridgehead atoms. The lowest BCUT2D eigenvalue weighted by Gasteiger charge is -2.24. The van der Waals surface area contributed by atoms with Crippen LogP contribution in [-0.4, -0.2) is 35.5 Å². The Labute approximate surface area is 224 Å². The fraction of sp³-hybridized carbons (Fsp3) is 0.357. The van der Waals surface area contributed by atoms with Crippen molar-refractivity contribution in [3.8, 4) is 5.75 Å². The molecule has 1 fully saturated rings. The zero-order valence-electron chi connectivity index (χ0n) is 21.1. The third kappa shape index (κ3) is 6.77. The summed E-state index contributed by atoms with van der Waals surface area (Å²) in [7, 11) is -2.88. The molecule has 39 heavy (non-hydrogen) atoms. The van der Waals surface area contributed by atoms with Crippen molar-refractivity contribution in [1.29, 1.82) is 0 Å². The van der Waals surface area contributed by atoms with Crippen molar-refractivity contribution >= 4 is 21.6 Å². The Bertz CT molecular complexity index is 1530. The van der Waals surface area contributed by atoms with E-state index < -0.39 is 21.6 Å². The number of nitrogens with one attached hydrogen (secondary N) is 1. The maximum atomic E-state index is 12.8. The van der Waals surface area contributed by atoms with Gasteiger partial charge in [0.25, 0.3) is 5.56 Å². The Morgan fingerprint density at radius 3 is 2.54 bits per heavy atom. The predicted octanol–water partition coefficient (Wildman–Crippen LogP) is 4.45. The second-order valence-corrected chi connectivity index (χ2v) is 12.2. The summed E-state index contributed by atoms with van der Waals surface area (Å²) < 4.78 is 68.5. The molecular formula is C28H28F3N3O4S. The van der Waals surface area contributed by atoms with Gasteiger partial charge in [-0.05, 0) is 66.6 Å². The van der Waals surface area contributed by atoms with Gasteiger partial charge in [0.15, 0.2) is 0 Å². The van der Waals surface area contributed by atoms with Gasteiger partial charge in [0.1, 0.15) is 22.2 Å². The highest BCUT2D eigenvalue weighted by Gasteiger charge is 2.30. The van der Waals surface area contributed by atoms with E-state index in [2.05, 4.69) is 16.4 Å². The highest BCUT2D eigenvalue weighted by molar-refractivity contribution is 7.91. The van der Waals surface area contributed by atoms with Crippen LogP contribution in [0, 0.1) is 0 Å². The summed E-state index contributed by atoms with van der Waals surface area (Å²) in [5.74, 6) is 0.790. The van der Waals surface area contributed by atoms with Gasteiger partial charge >= 0.3 is 6.18 Å². The third-order valence-electron chi connectivity index (χ3n) is 7.07. The molecule has 1 saturated heterocycles. The number of aryl methyl sites for hydroxylation is 1. The molecule has 1 aliphatic carbocycles. The Hall–Kier alpha value is -3.44. The molecule has 0 spiro atoms. The van der Waals surface area contributed by atoms with Crippen molar-refractivity contribution in [2.45, 2.75) is 51.1 Å². The van der Waals surface area contributed by atoms with E-state index in [0.717, 1.165) is 35.5 Å². The van der Waals surface area contributed by atoms with Gasteiger partial charge in [0, 0.05) is 36.7 Å². The van der Waals surface area contributed by atoms with E-state index in [1.165, 1.54) is 17.7 Å². The SMILES string of the molecule is O=c1cc(OCc2ccc(C(F)(F)F)cn2)ccn1C1=Cc2ccc(CNC3CCS(=O)(=O)CC3)cc2CC1. The van der Waals surface area contributed by atoms with E-state index in [-0.39, 0.29) is 29.7 Å². The minimum Gasteiger partial charge on any atom is -0.487 e. The lowest BCUT2D eigenvalue weighted by Crippen LogP contribution is -2.37. The van der Waals surface area contributed by atoms with Crippen LogP contribution in [0.5, 0.6) is 5.75 Å². The Morgan fingerprint density at radius 2 is 1.85 bits per heavy atom. The quantitative estimate of drug-likeness (QED) is 0.460. The Balaban J connectivity index is 1.20. The first-order valence-electron chi connectivity index (χ1n) is 12.7. The van der Waals surface area contributed by atoms with E-state index in [0.29, 0.717) is 37.3 Å². The van der Waals surface area contributed by atoms with Gasteiger partial charge in [-0.3, -0.25) is 14.3 Å². The first-order chi connectivity index (χ1) is 18.6. The number of aromatic nitrogens is 2. The van der Waals surface area contributed by atoms with E-state index in [4.69, 9.17) is 4.74 Å². The van der Waals surface area contributed by atoms with Gasteiger partial charge in [0.05, 0.1) is 22.8 Å². The maximum absolute atomic E-state index is 12.8. The van der Waals surface area contributed by atoms with Crippen molar-refractivity contribution < 1.29 is 26.3 Å². The molecule has 1 aliphatic heterocycles. The van der Waals surface area contributed by atoms with Gasteiger partial charge < -0.3 is 10.1 Å². The number of nitrogens with zero attached hydrogens (tertiary/aromatic N) is 2. The monoisotopic (exact) mass is 559 g/mol. The molecule has 7 nitrogen and oxygen atoms in total. The van der Waals surface area contributed by atoms with Crippen molar-refractivity contribution in [2.24, 2.45) is 0 Å². The van der Waals surface area contributed by atoms with Gasteiger partial charge in [-0.25, -0.2) is 8.42 Å². The van der Waals surface area contributed by atoms with Crippen molar-refractivity contribution in [1.82, 2.24) is 14.9 Å². The van der Waals surface area contributed by atoms with Crippen LogP contribution in [0.4, 0.5) is 13.2 Å². The largest absolute Gasteiger partial charge is 0.487 e. The minimum atomic E-state index is -4.45. The van der Waals surface area contributed by atoms with Crippen LogP contribution < -0.4 is 15.6 Å². The van der Waals surface area contributed by atoms with Crippen LogP contribution in [0.1, 0.15) is 47.2 Å². The molecule has 11 heteroatoms. The van der Waals surface area contributed by atoms with Crippen LogP contribution in [0.3, 0.4) is 0 Å². The smallest absolute Gasteiger partial charge is 0.417 e. The maximum Gasteiger partial charge on any atom is 0.417 e. The van der Waals surface area contributed by atoms with Crippen LogP contribution >= 0.6 is 0 Å². The number of rotatable bonds is 7. The third-order valence-corrected chi connectivity index (χ3v) is 8.78. The van der Waals surface area contributed by atoms with Crippen LogP contribution in [0.25, 0.3) is 11.8 Å². The van der Waals surface area contributed by atoms with E-state index in [1.54, 1.807) is 16.8 Å². The van der Waals surface area contributed by atoms with Crippen molar-refractivity contribution in [3.05, 3.63) is 93.2 Å². The topological polar surface area (TPSA) is 90.3 Å². The average Bonchev–Trinajstić information content (AvgIpc) is 2.91. The Morgan fingerprint density at radius 1 is 1.05 bits per heavy atom. The molecule has 3 aromatic rings. The number of pyridine rings is 2. The average molecular weight is 560 g/mol. The minimum absolute atomic E-state index is 0.0608. The summed E-state index contributed by atoms with van der Waals surface area (Å²) in [6.07, 6.45) is 2.69. The van der Waals surface area contributed by atoms with E-state index in [9.17, 15) is 26.4 Å². The molecule has 0 saturated carbocycles. The number of hydrogen-bond acceptors (Lipinski definition) is 6. The van der Waals surface area contributed by atoms with Crippen LogP contribution in [0.15, 0.2) is 59.7 Å². The lowest BCUT2D eigenvalue weighted by molar-refractivity contribution is -0.137. The number of fused-ring (bicyclic) bond motifs is 1. The summed E-state index contributed by atoms with van der Waals surface area (Å²) >= 11 is 0. The molecule has 0 amide bonds. The number of allylic oxidation sites excluding steroid dienone is 1. The standard InChI is InChI=1S/C28H28F3N3O4S/c29-28(30,31)22-4-5-24(33-17-22)18-38-26-7-10-34(27(35)15-26)25-6-3-20-13-19(1-2-21(20)14-25)16-32-23-8-11-39(36,37)12-9-23/h1-2,4-5,7,10,13-15,17,23,32H,3,6,8-9,11-12,16,18H2. The fourth-order valence-corrected chi connectivity index (χ4v) is 6.30. The first kappa shape index (κ1) is 27.1. The lowest BCUT2D eigenvalue weighted by atomic mass is 9.93. The van der Waals surface area contributed by atoms with Crippen LogP contribution in [-0.2, 0) is 35.6 Å². The zero-order chi connectivity index (χ0) is 27.6. The molecule has 5 rings (SSSR count). The summed E-state index contributed by atoms with van der Waals surface area (Å²) in [5.41, 5.74) is 3.46. The van der Waals surface area contributed by atoms with Gasteiger partial charge in [-0.1, -0.05) is 18.2 Å². The molecule has 0 radical (unpaired) electrons. The van der Waals surface area contributed by atoms with Gasteiger partial charge in [-0.15, -0.1) is 0 Å². The summed E-state index contributed by atoms with van der Waals surface area (Å²) in [4.78, 5) is 16.6. The highest BCUT2D eigenvalue weighted by Crippen LogP contribution is 2.29. The molecular weight excluding hydrogens is 531 g/mol. The molecule has 2 aromatic heterocycles.